The third-order valence-electron chi connectivity index (χ3n) is 2.70. The molecule has 0 unspecified atom stereocenters. The van der Waals surface area contributed by atoms with E-state index in [4.69, 9.17) is 5.73 Å². The van der Waals surface area contributed by atoms with Gasteiger partial charge in [0.05, 0.1) is 0 Å². The normalized spacial score (nSPS) is 10.2. The number of halogens is 1. The van der Waals surface area contributed by atoms with E-state index in [0.717, 1.165) is 28.0 Å². The highest BCUT2D eigenvalue weighted by Crippen LogP contribution is 2.21. The van der Waals surface area contributed by atoms with Crippen LogP contribution in [0.15, 0.2) is 46.9 Å². The van der Waals surface area contributed by atoms with Gasteiger partial charge in [-0.15, -0.1) is 0 Å². The number of nitrogen functional groups attached to an aromatic ring is 1. The number of aryl methyl sites for hydroxylation is 1. The Morgan fingerprint density at radius 3 is 2.65 bits per heavy atom. The molecule has 0 spiro atoms. The van der Waals surface area contributed by atoms with Gasteiger partial charge in [-0.1, -0.05) is 34.1 Å². The fraction of sp³-hybridized carbons (Fsp3) is 0.143. The second kappa shape index (κ2) is 5.23. The van der Waals surface area contributed by atoms with E-state index < -0.39 is 0 Å². The van der Waals surface area contributed by atoms with Crippen LogP contribution in [-0.4, -0.2) is 0 Å². The Morgan fingerprint density at radius 2 is 1.94 bits per heavy atom. The molecule has 0 bridgehead atoms. The molecule has 3 N–H and O–H groups in total. The van der Waals surface area contributed by atoms with Crippen LogP contribution in [0.4, 0.5) is 11.4 Å². The van der Waals surface area contributed by atoms with Gasteiger partial charge in [-0.25, -0.2) is 0 Å². The molecule has 0 saturated heterocycles. The average Bonchev–Trinajstić information content (AvgIpc) is 2.32. The van der Waals surface area contributed by atoms with Gasteiger partial charge in [-0.05, 0) is 42.3 Å². The van der Waals surface area contributed by atoms with Crippen LogP contribution >= 0.6 is 15.9 Å². The monoisotopic (exact) mass is 290 g/mol. The van der Waals surface area contributed by atoms with Crippen molar-refractivity contribution in [3.8, 4) is 0 Å². The summed E-state index contributed by atoms with van der Waals surface area (Å²) in [5, 5.41) is 3.37. The summed E-state index contributed by atoms with van der Waals surface area (Å²) in [5.74, 6) is 0. The predicted octanol–water partition coefficient (Wildman–Crippen LogP) is 3.95. The van der Waals surface area contributed by atoms with Crippen molar-refractivity contribution in [1.82, 2.24) is 0 Å². The van der Waals surface area contributed by atoms with Crippen molar-refractivity contribution in [3.05, 3.63) is 58.1 Å². The summed E-state index contributed by atoms with van der Waals surface area (Å²) >= 11 is 3.49. The summed E-state index contributed by atoms with van der Waals surface area (Å²) in [7, 11) is 0. The number of anilines is 2. The molecule has 88 valence electrons. The zero-order chi connectivity index (χ0) is 12.3. The Morgan fingerprint density at radius 1 is 1.18 bits per heavy atom. The Labute approximate surface area is 110 Å². The molecule has 3 heteroatoms. The molecule has 2 rings (SSSR count). The van der Waals surface area contributed by atoms with Crippen LogP contribution in [-0.2, 0) is 6.54 Å². The van der Waals surface area contributed by atoms with E-state index in [1.54, 1.807) is 0 Å². The van der Waals surface area contributed by atoms with Gasteiger partial charge in [0.2, 0.25) is 0 Å². The van der Waals surface area contributed by atoms with Gasteiger partial charge in [0, 0.05) is 22.4 Å². The molecule has 0 radical (unpaired) electrons. The van der Waals surface area contributed by atoms with Gasteiger partial charge >= 0.3 is 0 Å². The first-order valence-electron chi connectivity index (χ1n) is 5.50. The lowest BCUT2D eigenvalue weighted by molar-refractivity contribution is 1.15. The van der Waals surface area contributed by atoms with Gasteiger partial charge in [-0.3, -0.25) is 0 Å². The molecule has 17 heavy (non-hydrogen) atoms. The second-order valence-electron chi connectivity index (χ2n) is 4.02. The Kier molecular flexibility index (Phi) is 3.69. The lowest BCUT2D eigenvalue weighted by Crippen LogP contribution is -2.02. The summed E-state index contributed by atoms with van der Waals surface area (Å²) in [4.78, 5) is 0. The van der Waals surface area contributed by atoms with Crippen molar-refractivity contribution in [2.24, 2.45) is 0 Å². The highest BCUT2D eigenvalue weighted by atomic mass is 79.9. The molecule has 0 aliphatic rings. The number of nitrogens with one attached hydrogen (secondary N) is 1. The number of benzene rings is 2. The van der Waals surface area contributed by atoms with Gasteiger partial charge in [0.15, 0.2) is 0 Å². The SMILES string of the molecule is Cc1cc(NCc2ccccc2N)ccc1Br. The zero-order valence-electron chi connectivity index (χ0n) is 9.70. The first-order chi connectivity index (χ1) is 8.16. The molecule has 0 saturated carbocycles. The Hall–Kier alpha value is -1.48. The van der Waals surface area contributed by atoms with Crippen molar-refractivity contribution in [1.29, 1.82) is 0 Å². The molecule has 0 heterocycles. The Balaban J connectivity index is 2.08. The molecular formula is C14H15BrN2. The van der Waals surface area contributed by atoms with Crippen LogP contribution in [0.25, 0.3) is 0 Å². The number of hydrogen-bond donors (Lipinski definition) is 2. The highest BCUT2D eigenvalue weighted by Gasteiger charge is 1.99. The van der Waals surface area contributed by atoms with E-state index in [2.05, 4.69) is 40.3 Å². The summed E-state index contributed by atoms with van der Waals surface area (Å²) < 4.78 is 1.13. The fourth-order valence-electron chi connectivity index (χ4n) is 1.65. The number of rotatable bonds is 3. The molecule has 2 aromatic carbocycles. The summed E-state index contributed by atoms with van der Waals surface area (Å²) in [6.07, 6.45) is 0. The summed E-state index contributed by atoms with van der Waals surface area (Å²) in [6, 6.07) is 14.1. The van der Waals surface area contributed by atoms with E-state index in [1.165, 1.54) is 5.56 Å². The lowest BCUT2D eigenvalue weighted by Gasteiger charge is -2.10. The molecule has 2 nitrogen and oxygen atoms in total. The van der Waals surface area contributed by atoms with Crippen LogP contribution in [0.3, 0.4) is 0 Å². The second-order valence-corrected chi connectivity index (χ2v) is 4.87. The van der Waals surface area contributed by atoms with Crippen molar-refractivity contribution in [2.75, 3.05) is 11.1 Å². The first-order valence-corrected chi connectivity index (χ1v) is 6.29. The Bertz CT molecular complexity index is 523. The minimum atomic E-state index is 0.744. The number of para-hydroxylation sites is 1. The van der Waals surface area contributed by atoms with Crippen LogP contribution in [0.1, 0.15) is 11.1 Å². The number of nitrogens with two attached hydrogens (primary N) is 1. The largest absolute Gasteiger partial charge is 0.398 e. The van der Waals surface area contributed by atoms with Gasteiger partial charge in [0.1, 0.15) is 0 Å². The van der Waals surface area contributed by atoms with Crippen LogP contribution in [0.2, 0.25) is 0 Å². The molecule has 0 aliphatic heterocycles. The van der Waals surface area contributed by atoms with Crippen LogP contribution in [0.5, 0.6) is 0 Å². The smallest absolute Gasteiger partial charge is 0.0421 e. The van der Waals surface area contributed by atoms with E-state index in [-0.39, 0.29) is 0 Å². The van der Waals surface area contributed by atoms with E-state index in [9.17, 15) is 0 Å². The van der Waals surface area contributed by atoms with Gasteiger partial charge in [0.25, 0.3) is 0 Å². The van der Waals surface area contributed by atoms with Crippen molar-refractivity contribution >= 4 is 27.3 Å². The quantitative estimate of drug-likeness (QED) is 0.840. The molecule has 0 aromatic heterocycles. The molecule has 0 aliphatic carbocycles. The maximum atomic E-state index is 5.89. The molecule has 0 atom stereocenters. The third kappa shape index (κ3) is 3.01. The molecule has 2 aromatic rings. The van der Waals surface area contributed by atoms with Crippen molar-refractivity contribution in [3.63, 3.8) is 0 Å². The van der Waals surface area contributed by atoms with Crippen molar-refractivity contribution < 1.29 is 0 Å². The maximum Gasteiger partial charge on any atom is 0.0421 e. The van der Waals surface area contributed by atoms with Crippen LogP contribution in [0, 0.1) is 6.92 Å². The maximum absolute atomic E-state index is 5.89. The zero-order valence-corrected chi connectivity index (χ0v) is 11.3. The summed E-state index contributed by atoms with van der Waals surface area (Å²) in [6.45, 7) is 2.82. The van der Waals surface area contributed by atoms with E-state index in [0.29, 0.717) is 0 Å². The first kappa shape index (κ1) is 12.0. The molecule has 0 fully saturated rings. The van der Waals surface area contributed by atoms with Gasteiger partial charge in [-0.2, -0.15) is 0 Å². The van der Waals surface area contributed by atoms with Crippen LogP contribution < -0.4 is 11.1 Å². The third-order valence-corrected chi connectivity index (χ3v) is 3.59. The minimum absolute atomic E-state index is 0.744. The minimum Gasteiger partial charge on any atom is -0.398 e. The molecular weight excluding hydrogens is 276 g/mol. The number of hydrogen-bond acceptors (Lipinski definition) is 2. The van der Waals surface area contributed by atoms with Gasteiger partial charge < -0.3 is 11.1 Å². The van der Waals surface area contributed by atoms with Crippen molar-refractivity contribution in [2.45, 2.75) is 13.5 Å². The fourth-order valence-corrected chi connectivity index (χ4v) is 1.89. The van der Waals surface area contributed by atoms with E-state index in [1.807, 2.05) is 30.3 Å². The van der Waals surface area contributed by atoms with E-state index >= 15 is 0 Å². The highest BCUT2D eigenvalue weighted by molar-refractivity contribution is 9.10. The average molecular weight is 291 g/mol. The predicted molar refractivity (Wildman–Crippen MR) is 77.1 cm³/mol. The molecule has 0 amide bonds. The topological polar surface area (TPSA) is 38.0 Å². The standard InChI is InChI=1S/C14H15BrN2/c1-10-8-12(6-7-13(10)15)17-9-11-4-2-3-5-14(11)16/h2-8,17H,9,16H2,1H3. The summed E-state index contributed by atoms with van der Waals surface area (Å²) in [5.41, 5.74) is 10.2. The lowest BCUT2D eigenvalue weighted by atomic mass is 10.1.